The molecule has 1 amide bonds. The molecule has 0 heterocycles. The predicted molar refractivity (Wildman–Crippen MR) is 104 cm³/mol. The number of hydrogen-bond donors (Lipinski definition) is 1. The maximum absolute atomic E-state index is 12.6. The van der Waals surface area contributed by atoms with Crippen molar-refractivity contribution in [3.8, 4) is 11.1 Å². The van der Waals surface area contributed by atoms with Crippen LogP contribution in [0, 0.1) is 13.8 Å². The minimum atomic E-state index is -0.0481. The molecule has 1 atom stereocenters. The zero-order valence-electron chi connectivity index (χ0n) is 14.9. The highest BCUT2D eigenvalue weighted by atomic mass is 16.1. The van der Waals surface area contributed by atoms with E-state index in [1.54, 1.807) is 0 Å². The fraction of sp³-hybridized carbons (Fsp3) is 0.174. The summed E-state index contributed by atoms with van der Waals surface area (Å²) in [4.78, 5) is 12.6. The van der Waals surface area contributed by atoms with Crippen molar-refractivity contribution in [1.29, 1.82) is 0 Å². The van der Waals surface area contributed by atoms with E-state index < -0.39 is 0 Å². The third kappa shape index (κ3) is 3.97. The Kier molecular flexibility index (Phi) is 4.99. The number of benzene rings is 3. The van der Waals surface area contributed by atoms with Crippen molar-refractivity contribution in [2.75, 3.05) is 0 Å². The zero-order chi connectivity index (χ0) is 17.8. The topological polar surface area (TPSA) is 29.1 Å². The van der Waals surface area contributed by atoms with Gasteiger partial charge in [0.15, 0.2) is 0 Å². The van der Waals surface area contributed by atoms with Gasteiger partial charge in [0.25, 0.3) is 5.91 Å². The lowest BCUT2D eigenvalue weighted by Gasteiger charge is -2.17. The van der Waals surface area contributed by atoms with Crippen LogP contribution in [-0.4, -0.2) is 5.91 Å². The van der Waals surface area contributed by atoms with Crippen LogP contribution >= 0.6 is 0 Å². The second-order valence-electron chi connectivity index (χ2n) is 6.50. The molecule has 25 heavy (non-hydrogen) atoms. The highest BCUT2D eigenvalue weighted by molar-refractivity contribution is 5.95. The van der Waals surface area contributed by atoms with Crippen LogP contribution in [0.25, 0.3) is 11.1 Å². The SMILES string of the molecule is Cc1ccc(C)c([C@@H](C)NC(=O)c2ccc(-c3ccccc3)cc2)c1. The monoisotopic (exact) mass is 329 g/mol. The summed E-state index contributed by atoms with van der Waals surface area (Å²) in [7, 11) is 0. The molecule has 2 heteroatoms. The maximum Gasteiger partial charge on any atom is 0.251 e. The maximum atomic E-state index is 12.6. The van der Waals surface area contributed by atoms with Crippen molar-refractivity contribution < 1.29 is 4.79 Å². The molecule has 1 N–H and O–H groups in total. The van der Waals surface area contributed by atoms with Crippen LogP contribution in [0.1, 0.15) is 40.0 Å². The molecule has 0 unspecified atom stereocenters. The average molecular weight is 329 g/mol. The standard InChI is InChI=1S/C23H23NO/c1-16-9-10-17(2)22(15-16)18(3)24-23(25)21-13-11-20(12-14-21)19-7-5-4-6-8-19/h4-15,18H,1-3H3,(H,24,25)/t18-/m1/s1. The number of nitrogens with one attached hydrogen (secondary N) is 1. The summed E-state index contributed by atoms with van der Waals surface area (Å²) in [6.45, 7) is 6.17. The van der Waals surface area contributed by atoms with Gasteiger partial charge in [-0.15, -0.1) is 0 Å². The molecule has 3 rings (SSSR count). The van der Waals surface area contributed by atoms with Gasteiger partial charge in [-0.05, 0) is 55.2 Å². The Labute approximate surface area is 149 Å². The largest absolute Gasteiger partial charge is 0.346 e. The lowest BCUT2D eigenvalue weighted by atomic mass is 9.99. The van der Waals surface area contributed by atoms with Gasteiger partial charge in [-0.25, -0.2) is 0 Å². The molecule has 0 aromatic heterocycles. The van der Waals surface area contributed by atoms with E-state index in [-0.39, 0.29) is 11.9 Å². The van der Waals surface area contributed by atoms with Crippen molar-refractivity contribution in [2.24, 2.45) is 0 Å². The quantitative estimate of drug-likeness (QED) is 0.676. The van der Waals surface area contributed by atoms with E-state index in [0.29, 0.717) is 5.56 Å². The number of amides is 1. The Balaban J connectivity index is 1.74. The summed E-state index contributed by atoms with van der Waals surface area (Å²) in [6.07, 6.45) is 0. The van der Waals surface area contributed by atoms with Gasteiger partial charge in [0.05, 0.1) is 6.04 Å². The minimum Gasteiger partial charge on any atom is -0.346 e. The molecule has 126 valence electrons. The van der Waals surface area contributed by atoms with Gasteiger partial charge in [-0.3, -0.25) is 4.79 Å². The van der Waals surface area contributed by atoms with E-state index in [0.717, 1.165) is 16.7 Å². The first-order valence-corrected chi connectivity index (χ1v) is 8.58. The lowest BCUT2D eigenvalue weighted by Crippen LogP contribution is -2.27. The molecule has 3 aromatic rings. The van der Waals surface area contributed by atoms with Gasteiger partial charge in [0.2, 0.25) is 0 Å². The van der Waals surface area contributed by atoms with Crippen LogP contribution in [-0.2, 0) is 0 Å². The van der Waals surface area contributed by atoms with E-state index in [1.165, 1.54) is 11.1 Å². The van der Waals surface area contributed by atoms with Gasteiger partial charge < -0.3 is 5.32 Å². The average Bonchev–Trinajstić information content (AvgIpc) is 2.64. The van der Waals surface area contributed by atoms with Crippen molar-refractivity contribution in [3.05, 3.63) is 95.1 Å². The van der Waals surface area contributed by atoms with Gasteiger partial charge >= 0.3 is 0 Å². The summed E-state index contributed by atoms with van der Waals surface area (Å²) in [6, 6.07) is 24.2. The summed E-state index contributed by atoms with van der Waals surface area (Å²) in [5.41, 5.74) is 6.50. The van der Waals surface area contributed by atoms with Gasteiger partial charge in [0, 0.05) is 5.56 Å². The molecule has 0 saturated carbocycles. The van der Waals surface area contributed by atoms with Crippen LogP contribution in [0.2, 0.25) is 0 Å². The van der Waals surface area contributed by atoms with Crippen LogP contribution in [0.4, 0.5) is 0 Å². The first-order valence-electron chi connectivity index (χ1n) is 8.58. The number of rotatable bonds is 4. The smallest absolute Gasteiger partial charge is 0.251 e. The highest BCUT2D eigenvalue weighted by Crippen LogP contribution is 2.21. The second kappa shape index (κ2) is 7.35. The third-order valence-corrected chi connectivity index (χ3v) is 4.50. The number of hydrogen-bond acceptors (Lipinski definition) is 1. The summed E-state index contributed by atoms with van der Waals surface area (Å²) >= 11 is 0. The van der Waals surface area contributed by atoms with E-state index in [2.05, 4.69) is 49.5 Å². The fourth-order valence-electron chi connectivity index (χ4n) is 3.03. The molecule has 0 bridgehead atoms. The molecule has 0 saturated heterocycles. The van der Waals surface area contributed by atoms with Crippen molar-refractivity contribution in [1.82, 2.24) is 5.32 Å². The molecule has 3 aromatic carbocycles. The fourth-order valence-corrected chi connectivity index (χ4v) is 3.03. The van der Waals surface area contributed by atoms with Gasteiger partial charge in [0.1, 0.15) is 0 Å². The molecular formula is C23H23NO. The third-order valence-electron chi connectivity index (χ3n) is 4.50. The second-order valence-corrected chi connectivity index (χ2v) is 6.50. The first kappa shape index (κ1) is 17.0. The van der Waals surface area contributed by atoms with Crippen LogP contribution < -0.4 is 5.32 Å². The van der Waals surface area contributed by atoms with Crippen LogP contribution in [0.3, 0.4) is 0 Å². The molecule has 0 spiro atoms. The molecule has 0 aliphatic heterocycles. The summed E-state index contributed by atoms with van der Waals surface area (Å²) in [5.74, 6) is -0.0481. The first-order chi connectivity index (χ1) is 12.0. The van der Waals surface area contributed by atoms with Crippen molar-refractivity contribution in [2.45, 2.75) is 26.8 Å². The number of carbonyl (C=O) groups excluding carboxylic acids is 1. The van der Waals surface area contributed by atoms with Crippen molar-refractivity contribution in [3.63, 3.8) is 0 Å². The van der Waals surface area contributed by atoms with Crippen LogP contribution in [0.5, 0.6) is 0 Å². The Morgan fingerprint density at radius 3 is 2.16 bits per heavy atom. The normalized spacial score (nSPS) is 11.8. The molecule has 2 nitrogen and oxygen atoms in total. The molecule has 0 fully saturated rings. The minimum absolute atomic E-state index is 0.0267. The van der Waals surface area contributed by atoms with E-state index in [1.807, 2.05) is 49.4 Å². The van der Waals surface area contributed by atoms with Gasteiger partial charge in [-0.1, -0.05) is 66.2 Å². The molecule has 0 aliphatic rings. The molecule has 0 radical (unpaired) electrons. The molecule has 0 aliphatic carbocycles. The van der Waals surface area contributed by atoms with E-state index in [9.17, 15) is 4.79 Å². The Hall–Kier alpha value is -2.87. The van der Waals surface area contributed by atoms with E-state index >= 15 is 0 Å². The Morgan fingerprint density at radius 1 is 0.840 bits per heavy atom. The summed E-state index contributed by atoms with van der Waals surface area (Å²) in [5, 5.41) is 3.10. The highest BCUT2D eigenvalue weighted by Gasteiger charge is 2.13. The Bertz CT molecular complexity index is 866. The Morgan fingerprint density at radius 2 is 1.48 bits per heavy atom. The van der Waals surface area contributed by atoms with E-state index in [4.69, 9.17) is 0 Å². The van der Waals surface area contributed by atoms with Gasteiger partial charge in [-0.2, -0.15) is 0 Å². The lowest BCUT2D eigenvalue weighted by molar-refractivity contribution is 0.0940. The summed E-state index contributed by atoms with van der Waals surface area (Å²) < 4.78 is 0. The number of aryl methyl sites for hydroxylation is 2. The van der Waals surface area contributed by atoms with Crippen LogP contribution in [0.15, 0.2) is 72.8 Å². The zero-order valence-corrected chi connectivity index (χ0v) is 14.9. The molecular weight excluding hydrogens is 306 g/mol. The predicted octanol–water partition coefficient (Wildman–Crippen LogP) is 5.46. The number of carbonyl (C=O) groups is 1. The van der Waals surface area contributed by atoms with Crippen molar-refractivity contribution >= 4 is 5.91 Å².